The van der Waals surface area contributed by atoms with Gasteiger partial charge in [0.25, 0.3) is 5.91 Å². The van der Waals surface area contributed by atoms with E-state index in [1.807, 2.05) is 18.2 Å². The van der Waals surface area contributed by atoms with E-state index in [9.17, 15) is 4.79 Å². The quantitative estimate of drug-likeness (QED) is 0.846. The Kier molecular flexibility index (Phi) is 4.07. The van der Waals surface area contributed by atoms with Crippen LogP contribution >= 0.6 is 15.9 Å². The van der Waals surface area contributed by atoms with Crippen LogP contribution in [0.4, 0.5) is 0 Å². The molecular formula is C16H12BrN3O2. The molecule has 2 aromatic rings. The van der Waals surface area contributed by atoms with Crippen LogP contribution in [0.15, 0.2) is 47.1 Å². The van der Waals surface area contributed by atoms with E-state index in [-0.39, 0.29) is 12.0 Å². The molecule has 0 radical (unpaired) electrons. The summed E-state index contributed by atoms with van der Waals surface area (Å²) < 4.78 is 6.55. The molecule has 3 rings (SSSR count). The highest BCUT2D eigenvalue weighted by molar-refractivity contribution is 9.10. The molecule has 1 aromatic heterocycles. The van der Waals surface area contributed by atoms with Gasteiger partial charge in [0.1, 0.15) is 17.7 Å². The molecule has 5 nitrogen and oxygen atoms in total. The Bertz CT molecular complexity index is 751. The highest BCUT2D eigenvalue weighted by atomic mass is 79.9. The normalized spacial score (nSPS) is 14.1. The molecule has 0 N–H and O–H groups in total. The lowest BCUT2D eigenvalue weighted by Gasteiger charge is -2.38. The van der Waals surface area contributed by atoms with Crippen molar-refractivity contribution in [3.8, 4) is 11.9 Å². The van der Waals surface area contributed by atoms with Crippen molar-refractivity contribution < 1.29 is 9.53 Å². The first-order chi connectivity index (χ1) is 10.7. The summed E-state index contributed by atoms with van der Waals surface area (Å²) in [6, 6.07) is 12.7. The van der Waals surface area contributed by atoms with Crippen molar-refractivity contribution in [1.29, 1.82) is 5.26 Å². The summed E-state index contributed by atoms with van der Waals surface area (Å²) in [6.07, 6.45) is 1.46. The Balaban J connectivity index is 1.60. The number of pyridine rings is 1. The van der Waals surface area contributed by atoms with Crippen LogP contribution in [0.5, 0.6) is 5.88 Å². The second-order valence-electron chi connectivity index (χ2n) is 4.93. The number of likely N-dealkylation sites (tertiary alicyclic amines) is 1. The molecule has 1 aliphatic rings. The Morgan fingerprint density at radius 1 is 1.36 bits per heavy atom. The lowest BCUT2D eigenvalue weighted by atomic mass is 10.1. The number of nitrogens with zero attached hydrogens (tertiary/aromatic N) is 3. The van der Waals surface area contributed by atoms with Crippen molar-refractivity contribution in [3.63, 3.8) is 0 Å². The molecule has 2 heterocycles. The summed E-state index contributed by atoms with van der Waals surface area (Å²) in [5.41, 5.74) is 1.04. The standard InChI is InChI=1S/C16H12BrN3O2/c17-13-5-1-3-11(7-13)16(21)20-9-14(10-20)22-15-12(8-18)4-2-6-19-15/h1-7,14H,9-10H2. The van der Waals surface area contributed by atoms with Crippen LogP contribution in [0, 0.1) is 11.3 Å². The Hall–Kier alpha value is -2.39. The second-order valence-corrected chi connectivity index (χ2v) is 5.84. The third kappa shape index (κ3) is 2.95. The zero-order valence-corrected chi connectivity index (χ0v) is 13.2. The molecule has 1 aromatic carbocycles. The van der Waals surface area contributed by atoms with Gasteiger partial charge in [-0.15, -0.1) is 0 Å². The Labute approximate surface area is 136 Å². The average Bonchev–Trinajstić information content (AvgIpc) is 2.50. The van der Waals surface area contributed by atoms with Crippen LogP contribution in [-0.4, -0.2) is 35.0 Å². The van der Waals surface area contributed by atoms with E-state index in [2.05, 4.69) is 20.9 Å². The first kappa shape index (κ1) is 14.5. The number of carbonyl (C=O) groups excluding carboxylic acids is 1. The van der Waals surface area contributed by atoms with Crippen molar-refractivity contribution in [3.05, 3.63) is 58.2 Å². The molecule has 0 saturated carbocycles. The third-order valence-corrected chi connectivity index (χ3v) is 3.87. The molecule has 1 amide bonds. The van der Waals surface area contributed by atoms with Gasteiger partial charge in [-0.1, -0.05) is 22.0 Å². The highest BCUT2D eigenvalue weighted by Gasteiger charge is 2.33. The van der Waals surface area contributed by atoms with E-state index in [1.54, 1.807) is 35.4 Å². The number of rotatable bonds is 3. The van der Waals surface area contributed by atoms with Gasteiger partial charge in [0.15, 0.2) is 0 Å². The summed E-state index contributed by atoms with van der Waals surface area (Å²) in [4.78, 5) is 18.0. The molecule has 0 spiro atoms. The van der Waals surface area contributed by atoms with Crippen molar-refractivity contribution in [2.24, 2.45) is 0 Å². The third-order valence-electron chi connectivity index (χ3n) is 3.38. The van der Waals surface area contributed by atoms with Gasteiger partial charge in [-0.05, 0) is 30.3 Å². The monoisotopic (exact) mass is 357 g/mol. The van der Waals surface area contributed by atoms with Crippen molar-refractivity contribution >= 4 is 21.8 Å². The maximum atomic E-state index is 12.3. The molecule has 6 heteroatoms. The van der Waals surface area contributed by atoms with Crippen LogP contribution in [0.25, 0.3) is 0 Å². The molecule has 0 atom stereocenters. The van der Waals surface area contributed by atoms with E-state index in [0.717, 1.165) is 4.47 Å². The highest BCUT2D eigenvalue weighted by Crippen LogP contribution is 2.21. The number of benzene rings is 1. The van der Waals surface area contributed by atoms with Gasteiger partial charge >= 0.3 is 0 Å². The average molecular weight is 358 g/mol. The smallest absolute Gasteiger partial charge is 0.254 e. The molecular weight excluding hydrogens is 346 g/mol. The van der Waals surface area contributed by atoms with Gasteiger partial charge in [0, 0.05) is 16.2 Å². The Morgan fingerprint density at radius 2 is 2.18 bits per heavy atom. The molecule has 0 aliphatic carbocycles. The molecule has 1 fully saturated rings. The molecule has 22 heavy (non-hydrogen) atoms. The number of aromatic nitrogens is 1. The fourth-order valence-corrected chi connectivity index (χ4v) is 2.61. The van der Waals surface area contributed by atoms with E-state index in [1.165, 1.54) is 0 Å². The maximum Gasteiger partial charge on any atom is 0.254 e. The number of hydrogen-bond donors (Lipinski definition) is 0. The predicted octanol–water partition coefficient (Wildman–Crippen LogP) is 2.62. The molecule has 0 unspecified atom stereocenters. The van der Waals surface area contributed by atoms with E-state index in [0.29, 0.717) is 30.1 Å². The van der Waals surface area contributed by atoms with E-state index < -0.39 is 0 Å². The lowest BCUT2D eigenvalue weighted by molar-refractivity contribution is 0.0159. The van der Waals surface area contributed by atoms with Gasteiger partial charge < -0.3 is 9.64 Å². The summed E-state index contributed by atoms with van der Waals surface area (Å²) >= 11 is 3.36. The summed E-state index contributed by atoms with van der Waals surface area (Å²) in [6.45, 7) is 0.986. The zero-order valence-electron chi connectivity index (χ0n) is 11.6. The topological polar surface area (TPSA) is 66.2 Å². The van der Waals surface area contributed by atoms with Gasteiger partial charge in [0.05, 0.1) is 13.1 Å². The number of carbonyl (C=O) groups is 1. The van der Waals surface area contributed by atoms with Crippen molar-refractivity contribution in [2.75, 3.05) is 13.1 Å². The van der Waals surface area contributed by atoms with E-state index in [4.69, 9.17) is 10.00 Å². The lowest BCUT2D eigenvalue weighted by Crippen LogP contribution is -2.56. The van der Waals surface area contributed by atoms with Gasteiger partial charge in [0.2, 0.25) is 5.88 Å². The van der Waals surface area contributed by atoms with Crippen LogP contribution in [-0.2, 0) is 0 Å². The minimum absolute atomic E-state index is 0.0253. The molecule has 0 bridgehead atoms. The SMILES string of the molecule is N#Cc1cccnc1OC1CN(C(=O)c2cccc(Br)c2)C1. The van der Waals surface area contributed by atoms with Crippen molar-refractivity contribution in [1.82, 2.24) is 9.88 Å². The van der Waals surface area contributed by atoms with Gasteiger partial charge in [-0.25, -0.2) is 4.98 Å². The number of nitriles is 1. The van der Waals surface area contributed by atoms with Gasteiger partial charge in [-0.3, -0.25) is 4.79 Å². The summed E-state index contributed by atoms with van der Waals surface area (Å²) in [7, 11) is 0. The number of amides is 1. The predicted molar refractivity (Wildman–Crippen MR) is 83.4 cm³/mol. The second kappa shape index (κ2) is 6.16. The summed E-state index contributed by atoms with van der Waals surface area (Å²) in [5, 5.41) is 9.00. The first-order valence-electron chi connectivity index (χ1n) is 6.74. The van der Waals surface area contributed by atoms with Gasteiger partial charge in [-0.2, -0.15) is 5.26 Å². The largest absolute Gasteiger partial charge is 0.470 e. The number of hydrogen-bond acceptors (Lipinski definition) is 4. The molecule has 110 valence electrons. The van der Waals surface area contributed by atoms with Crippen LogP contribution in [0.1, 0.15) is 15.9 Å². The van der Waals surface area contributed by atoms with Crippen molar-refractivity contribution in [2.45, 2.75) is 6.10 Å². The first-order valence-corrected chi connectivity index (χ1v) is 7.53. The number of halogens is 1. The maximum absolute atomic E-state index is 12.3. The van der Waals surface area contributed by atoms with Crippen LogP contribution in [0.2, 0.25) is 0 Å². The zero-order chi connectivity index (χ0) is 15.5. The molecule has 1 saturated heterocycles. The number of ether oxygens (including phenoxy) is 1. The fourth-order valence-electron chi connectivity index (χ4n) is 2.21. The Morgan fingerprint density at radius 3 is 2.91 bits per heavy atom. The van der Waals surface area contributed by atoms with E-state index >= 15 is 0 Å². The minimum Gasteiger partial charge on any atom is -0.470 e. The minimum atomic E-state index is -0.127. The summed E-state index contributed by atoms with van der Waals surface area (Å²) in [5.74, 6) is 0.298. The molecule has 1 aliphatic heterocycles. The van der Waals surface area contributed by atoms with Crippen LogP contribution in [0.3, 0.4) is 0 Å². The van der Waals surface area contributed by atoms with Crippen LogP contribution < -0.4 is 4.74 Å². The fraction of sp³-hybridized carbons (Fsp3) is 0.188.